The molecule has 0 saturated carbocycles. The van der Waals surface area contributed by atoms with Gasteiger partial charge in [-0.05, 0) is 53.9 Å². The lowest BCUT2D eigenvalue weighted by molar-refractivity contribution is 0.0744. The van der Waals surface area contributed by atoms with Crippen LogP contribution in [0.5, 0.6) is 5.75 Å². The van der Waals surface area contributed by atoms with Crippen LogP contribution < -0.4 is 4.74 Å². The summed E-state index contributed by atoms with van der Waals surface area (Å²) >= 11 is 12.0. The molecule has 1 N–H and O–H groups in total. The van der Waals surface area contributed by atoms with Gasteiger partial charge in [-0.25, -0.2) is 0 Å². The van der Waals surface area contributed by atoms with Crippen molar-refractivity contribution >= 4 is 29.1 Å². The van der Waals surface area contributed by atoms with Gasteiger partial charge in [-0.15, -0.1) is 0 Å². The third kappa shape index (κ3) is 4.29. The fourth-order valence-electron chi connectivity index (χ4n) is 4.34. The lowest BCUT2D eigenvalue weighted by Crippen LogP contribution is -2.30. The number of ether oxygens (including phenoxy) is 1. The normalized spacial score (nSPS) is 15.0. The van der Waals surface area contributed by atoms with Crippen molar-refractivity contribution < 1.29 is 9.53 Å². The summed E-state index contributed by atoms with van der Waals surface area (Å²) in [4.78, 5) is 15.1. The molecule has 1 unspecified atom stereocenters. The largest absolute Gasteiger partial charge is 0.489 e. The molecule has 0 spiro atoms. The van der Waals surface area contributed by atoms with E-state index in [9.17, 15) is 4.79 Å². The lowest BCUT2D eigenvalue weighted by atomic mass is 9.96. The highest BCUT2D eigenvalue weighted by Gasteiger charge is 2.41. The first kappa shape index (κ1) is 22.5. The van der Waals surface area contributed by atoms with E-state index in [1.165, 1.54) is 0 Å². The van der Waals surface area contributed by atoms with Gasteiger partial charge in [-0.2, -0.15) is 5.10 Å². The molecule has 172 valence electrons. The Bertz CT molecular complexity index is 1300. The van der Waals surface area contributed by atoms with Crippen LogP contribution in [0.3, 0.4) is 0 Å². The predicted molar refractivity (Wildman–Crippen MR) is 134 cm³/mol. The Morgan fingerprint density at radius 2 is 1.59 bits per heavy atom. The molecule has 7 heteroatoms. The minimum absolute atomic E-state index is 0.0300. The summed E-state index contributed by atoms with van der Waals surface area (Å²) in [6.07, 6.45) is 0.860. The van der Waals surface area contributed by atoms with Crippen LogP contribution in [0, 0.1) is 0 Å². The summed E-state index contributed by atoms with van der Waals surface area (Å²) in [6, 6.07) is 22.8. The number of hydrogen-bond donors (Lipinski definition) is 1. The third-order valence-corrected chi connectivity index (χ3v) is 6.46. The van der Waals surface area contributed by atoms with E-state index >= 15 is 0 Å². The van der Waals surface area contributed by atoms with E-state index in [2.05, 4.69) is 17.1 Å². The molecule has 2 heterocycles. The van der Waals surface area contributed by atoms with Gasteiger partial charge < -0.3 is 9.64 Å². The highest BCUT2D eigenvalue weighted by Crippen LogP contribution is 2.43. The fourth-order valence-corrected chi connectivity index (χ4v) is 4.59. The lowest BCUT2D eigenvalue weighted by Gasteiger charge is -2.26. The maximum Gasteiger partial charge on any atom is 0.273 e. The molecule has 1 aromatic heterocycles. The number of amides is 1. The number of carbonyl (C=O) groups excluding carboxylic acids is 1. The minimum atomic E-state index is -0.225. The second-order valence-corrected chi connectivity index (χ2v) is 9.13. The number of fused-ring (bicyclic) bond motifs is 1. The molecule has 5 rings (SSSR count). The van der Waals surface area contributed by atoms with Gasteiger partial charge in [-0.1, -0.05) is 66.5 Å². The number of H-pyrrole nitrogens is 1. The number of rotatable bonds is 7. The Balaban J connectivity index is 1.45. The van der Waals surface area contributed by atoms with Crippen LogP contribution in [0.25, 0.3) is 11.3 Å². The van der Waals surface area contributed by atoms with Crippen LogP contribution in [-0.2, 0) is 6.61 Å². The van der Waals surface area contributed by atoms with Gasteiger partial charge in [0.05, 0.1) is 11.7 Å². The van der Waals surface area contributed by atoms with E-state index in [-0.39, 0.29) is 11.9 Å². The Hall–Kier alpha value is -3.28. The number of benzene rings is 3. The summed E-state index contributed by atoms with van der Waals surface area (Å²) in [7, 11) is 0. The Kier molecular flexibility index (Phi) is 6.31. The van der Waals surface area contributed by atoms with Crippen molar-refractivity contribution in [2.45, 2.75) is 26.0 Å². The zero-order valence-electron chi connectivity index (χ0n) is 18.6. The van der Waals surface area contributed by atoms with Gasteiger partial charge in [-0.3, -0.25) is 9.89 Å². The second kappa shape index (κ2) is 9.53. The molecule has 0 fully saturated rings. The molecule has 0 saturated heterocycles. The summed E-state index contributed by atoms with van der Waals surface area (Å²) in [5.74, 6) is 0.730. The molecule has 5 nitrogen and oxygen atoms in total. The molecule has 1 atom stereocenters. The molecular weight excluding hydrogens is 469 g/mol. The van der Waals surface area contributed by atoms with Crippen molar-refractivity contribution in [1.29, 1.82) is 0 Å². The molecule has 0 radical (unpaired) electrons. The zero-order chi connectivity index (χ0) is 23.7. The number of aromatic amines is 1. The molecular formula is C27H23Cl2N3O2. The smallest absolute Gasteiger partial charge is 0.273 e. The molecule has 1 amide bonds. The van der Waals surface area contributed by atoms with E-state index in [1.807, 2.05) is 77.7 Å². The van der Waals surface area contributed by atoms with Crippen LogP contribution in [0.15, 0.2) is 72.8 Å². The SMILES string of the molecule is CCCN1C(=O)c2[nH]nc(-c3ccc(Cl)cc3)c2C1c1ccc(OCc2ccc(Cl)cc2)cc1. The molecule has 0 aliphatic carbocycles. The van der Waals surface area contributed by atoms with Crippen molar-refractivity contribution in [3.8, 4) is 17.0 Å². The van der Waals surface area contributed by atoms with Crippen LogP contribution in [0.4, 0.5) is 0 Å². The van der Waals surface area contributed by atoms with E-state index in [0.29, 0.717) is 28.9 Å². The van der Waals surface area contributed by atoms with Gasteiger partial charge >= 0.3 is 0 Å². The number of hydrogen-bond acceptors (Lipinski definition) is 3. The van der Waals surface area contributed by atoms with Crippen molar-refractivity contribution in [3.05, 3.63) is 105 Å². The van der Waals surface area contributed by atoms with Crippen LogP contribution in [0.1, 0.15) is 46.6 Å². The van der Waals surface area contributed by atoms with E-state index in [4.69, 9.17) is 27.9 Å². The van der Waals surface area contributed by atoms with E-state index in [0.717, 1.165) is 40.1 Å². The predicted octanol–water partition coefficient (Wildman–Crippen LogP) is 6.92. The number of nitrogens with one attached hydrogen (secondary N) is 1. The first-order chi connectivity index (χ1) is 16.5. The summed E-state index contributed by atoms with van der Waals surface area (Å²) < 4.78 is 5.95. The molecule has 34 heavy (non-hydrogen) atoms. The maximum absolute atomic E-state index is 13.2. The number of aromatic nitrogens is 2. The quantitative estimate of drug-likeness (QED) is 0.305. The number of carbonyl (C=O) groups is 1. The van der Waals surface area contributed by atoms with Crippen molar-refractivity contribution in [2.75, 3.05) is 6.54 Å². The summed E-state index contributed by atoms with van der Waals surface area (Å²) in [5, 5.41) is 8.84. The topological polar surface area (TPSA) is 58.2 Å². The maximum atomic E-state index is 13.2. The van der Waals surface area contributed by atoms with E-state index < -0.39 is 0 Å². The molecule has 3 aromatic carbocycles. The Morgan fingerprint density at radius 1 is 0.941 bits per heavy atom. The number of halogens is 2. The van der Waals surface area contributed by atoms with Crippen LogP contribution in [-0.4, -0.2) is 27.5 Å². The first-order valence-electron chi connectivity index (χ1n) is 11.2. The fraction of sp³-hybridized carbons (Fsp3) is 0.185. The average molecular weight is 492 g/mol. The van der Waals surface area contributed by atoms with Gasteiger partial charge in [0, 0.05) is 27.7 Å². The standard InChI is InChI=1S/C27H23Cl2N3O2/c1-2-15-32-26(19-7-13-22(14-8-19)34-16-17-3-9-20(28)10-4-17)23-24(30-31-25(23)27(32)33)18-5-11-21(29)12-6-18/h3-14,26H,2,15-16H2,1H3,(H,30,31). The van der Waals surface area contributed by atoms with Gasteiger partial charge in [0.2, 0.25) is 0 Å². The first-order valence-corrected chi connectivity index (χ1v) is 11.9. The molecule has 1 aliphatic rings. The summed E-state index contributed by atoms with van der Waals surface area (Å²) in [5.41, 5.74) is 5.19. The Morgan fingerprint density at radius 3 is 2.24 bits per heavy atom. The highest BCUT2D eigenvalue weighted by molar-refractivity contribution is 6.30. The van der Waals surface area contributed by atoms with Crippen molar-refractivity contribution in [2.24, 2.45) is 0 Å². The van der Waals surface area contributed by atoms with Gasteiger partial charge in [0.25, 0.3) is 5.91 Å². The van der Waals surface area contributed by atoms with Crippen LogP contribution >= 0.6 is 23.2 Å². The third-order valence-electron chi connectivity index (χ3n) is 5.96. The van der Waals surface area contributed by atoms with Crippen molar-refractivity contribution in [3.63, 3.8) is 0 Å². The monoisotopic (exact) mass is 491 g/mol. The summed E-state index contributed by atoms with van der Waals surface area (Å²) in [6.45, 7) is 3.18. The van der Waals surface area contributed by atoms with E-state index in [1.54, 1.807) is 0 Å². The molecule has 0 bridgehead atoms. The average Bonchev–Trinajstić information content (AvgIpc) is 3.39. The Labute approximate surface area is 208 Å². The van der Waals surface area contributed by atoms with Crippen molar-refractivity contribution in [1.82, 2.24) is 15.1 Å². The van der Waals surface area contributed by atoms with Gasteiger partial charge in [0.15, 0.2) is 0 Å². The minimum Gasteiger partial charge on any atom is -0.489 e. The van der Waals surface area contributed by atoms with Crippen LogP contribution in [0.2, 0.25) is 10.0 Å². The van der Waals surface area contributed by atoms with Gasteiger partial charge in [0.1, 0.15) is 18.1 Å². The zero-order valence-corrected chi connectivity index (χ0v) is 20.1. The molecule has 1 aliphatic heterocycles. The number of nitrogens with zero attached hydrogens (tertiary/aromatic N) is 2. The second-order valence-electron chi connectivity index (χ2n) is 8.25. The highest BCUT2D eigenvalue weighted by atomic mass is 35.5. The molecule has 4 aromatic rings.